The average molecular weight is 292 g/mol. The third kappa shape index (κ3) is 3.05. The predicted octanol–water partition coefficient (Wildman–Crippen LogP) is -0.948. The number of hydrogen-bond acceptors (Lipinski definition) is 5. The average Bonchev–Trinajstić information content (AvgIpc) is 2.96. The number of primary amides is 1. The van der Waals surface area contributed by atoms with Gasteiger partial charge in [0.1, 0.15) is 12.2 Å². The predicted molar refractivity (Wildman–Crippen MR) is 69.5 cm³/mol. The van der Waals surface area contributed by atoms with Crippen LogP contribution in [-0.2, 0) is 18.4 Å². The summed E-state index contributed by atoms with van der Waals surface area (Å²) in [5.74, 6) is -2.35. The van der Waals surface area contributed by atoms with Crippen molar-refractivity contribution in [3.05, 3.63) is 29.8 Å². The first-order valence-electron chi connectivity index (χ1n) is 5.76. The molecule has 0 atom stereocenters. The van der Waals surface area contributed by atoms with Crippen LogP contribution in [0.2, 0.25) is 0 Å². The Kier molecular flexibility index (Phi) is 3.69. The SMILES string of the molecule is Cn1ncc(NC(=O)Cn2cc(C(=O)O)cn2)c1C(N)=O. The third-order valence-electron chi connectivity index (χ3n) is 2.63. The maximum absolute atomic E-state index is 11.8. The summed E-state index contributed by atoms with van der Waals surface area (Å²) in [6, 6.07) is 0. The van der Waals surface area contributed by atoms with Crippen LogP contribution in [0.25, 0.3) is 0 Å². The molecule has 0 saturated carbocycles. The van der Waals surface area contributed by atoms with Crippen molar-refractivity contribution in [1.82, 2.24) is 19.6 Å². The molecule has 0 bridgehead atoms. The number of aryl methyl sites for hydroxylation is 1. The molecule has 2 aromatic heterocycles. The van der Waals surface area contributed by atoms with Gasteiger partial charge in [-0.25, -0.2) is 4.79 Å². The van der Waals surface area contributed by atoms with E-state index in [9.17, 15) is 14.4 Å². The molecule has 0 spiro atoms. The molecule has 4 N–H and O–H groups in total. The molecular weight excluding hydrogens is 280 g/mol. The normalized spacial score (nSPS) is 10.3. The molecule has 0 unspecified atom stereocenters. The molecule has 2 heterocycles. The Hall–Kier alpha value is -3.17. The Morgan fingerprint density at radius 1 is 1.33 bits per heavy atom. The van der Waals surface area contributed by atoms with Crippen molar-refractivity contribution in [3.63, 3.8) is 0 Å². The van der Waals surface area contributed by atoms with Crippen LogP contribution in [0.5, 0.6) is 0 Å². The minimum atomic E-state index is -1.13. The zero-order valence-electron chi connectivity index (χ0n) is 11.0. The lowest BCUT2D eigenvalue weighted by molar-refractivity contribution is -0.116. The van der Waals surface area contributed by atoms with Gasteiger partial charge in [0.15, 0.2) is 0 Å². The minimum Gasteiger partial charge on any atom is -0.478 e. The lowest BCUT2D eigenvalue weighted by Crippen LogP contribution is -2.22. The molecule has 0 aliphatic heterocycles. The molecule has 0 fully saturated rings. The van der Waals surface area contributed by atoms with Crippen molar-refractivity contribution in [3.8, 4) is 0 Å². The number of nitrogens with two attached hydrogens (primary N) is 1. The second kappa shape index (κ2) is 5.45. The van der Waals surface area contributed by atoms with Crippen molar-refractivity contribution in [1.29, 1.82) is 0 Å². The highest BCUT2D eigenvalue weighted by Crippen LogP contribution is 2.13. The summed E-state index contributed by atoms with van der Waals surface area (Å²) >= 11 is 0. The van der Waals surface area contributed by atoms with Crippen LogP contribution in [0.15, 0.2) is 18.6 Å². The fraction of sp³-hybridized carbons (Fsp3) is 0.182. The molecule has 10 heteroatoms. The summed E-state index contributed by atoms with van der Waals surface area (Å²) in [6.07, 6.45) is 3.65. The van der Waals surface area contributed by atoms with Crippen LogP contribution in [0.1, 0.15) is 20.8 Å². The largest absolute Gasteiger partial charge is 0.478 e. The van der Waals surface area contributed by atoms with Crippen LogP contribution in [0.4, 0.5) is 5.69 Å². The Morgan fingerprint density at radius 3 is 2.62 bits per heavy atom. The van der Waals surface area contributed by atoms with Gasteiger partial charge in [-0.05, 0) is 0 Å². The van der Waals surface area contributed by atoms with E-state index in [4.69, 9.17) is 10.8 Å². The van der Waals surface area contributed by atoms with Gasteiger partial charge in [0, 0.05) is 13.2 Å². The van der Waals surface area contributed by atoms with Gasteiger partial charge in [-0.3, -0.25) is 19.0 Å². The van der Waals surface area contributed by atoms with Crippen molar-refractivity contribution in [2.24, 2.45) is 12.8 Å². The molecule has 0 aromatic carbocycles. The Bertz CT molecular complexity index is 716. The lowest BCUT2D eigenvalue weighted by Gasteiger charge is -2.05. The molecule has 110 valence electrons. The van der Waals surface area contributed by atoms with Crippen molar-refractivity contribution in [2.45, 2.75) is 6.54 Å². The maximum atomic E-state index is 11.8. The number of carbonyl (C=O) groups excluding carboxylic acids is 2. The Balaban J connectivity index is 2.08. The second-order valence-corrected chi connectivity index (χ2v) is 4.17. The number of carboxylic acids is 1. The molecule has 0 aliphatic carbocycles. The number of carbonyl (C=O) groups is 3. The summed E-state index contributed by atoms with van der Waals surface area (Å²) in [5, 5.41) is 18.8. The fourth-order valence-electron chi connectivity index (χ4n) is 1.72. The van der Waals surface area contributed by atoms with Crippen molar-refractivity contribution >= 4 is 23.5 Å². The Morgan fingerprint density at radius 2 is 2.05 bits per heavy atom. The van der Waals surface area contributed by atoms with Crippen molar-refractivity contribution in [2.75, 3.05) is 5.32 Å². The fourth-order valence-corrected chi connectivity index (χ4v) is 1.72. The van der Waals surface area contributed by atoms with Gasteiger partial charge >= 0.3 is 5.97 Å². The topological polar surface area (TPSA) is 145 Å². The molecule has 0 saturated heterocycles. The summed E-state index contributed by atoms with van der Waals surface area (Å²) < 4.78 is 2.41. The molecule has 10 nitrogen and oxygen atoms in total. The zero-order chi connectivity index (χ0) is 15.6. The quantitative estimate of drug-likeness (QED) is 0.648. The van der Waals surface area contributed by atoms with Gasteiger partial charge in [0.05, 0.1) is 23.6 Å². The first kappa shape index (κ1) is 14.2. The number of amides is 2. The van der Waals surface area contributed by atoms with Crippen molar-refractivity contribution < 1.29 is 19.5 Å². The minimum absolute atomic E-state index is 0.0259. The number of hydrogen-bond donors (Lipinski definition) is 3. The van der Waals surface area contributed by atoms with E-state index in [1.165, 1.54) is 28.8 Å². The smallest absolute Gasteiger partial charge is 0.338 e. The highest BCUT2D eigenvalue weighted by Gasteiger charge is 2.16. The lowest BCUT2D eigenvalue weighted by atomic mass is 10.3. The van der Waals surface area contributed by atoms with E-state index >= 15 is 0 Å². The number of anilines is 1. The van der Waals surface area contributed by atoms with Crippen LogP contribution in [0.3, 0.4) is 0 Å². The summed E-state index contributed by atoms with van der Waals surface area (Å²) in [6.45, 7) is -0.208. The van der Waals surface area contributed by atoms with Crippen LogP contribution in [0, 0.1) is 0 Å². The number of carboxylic acid groups (broad SMARTS) is 1. The number of aromatic carboxylic acids is 1. The number of aromatic nitrogens is 4. The van der Waals surface area contributed by atoms with E-state index in [1.807, 2.05) is 0 Å². The highest BCUT2D eigenvalue weighted by molar-refractivity contribution is 6.01. The van der Waals surface area contributed by atoms with Gasteiger partial charge in [-0.1, -0.05) is 0 Å². The first-order chi connectivity index (χ1) is 9.88. The zero-order valence-corrected chi connectivity index (χ0v) is 11.0. The summed E-state index contributed by atoms with van der Waals surface area (Å²) in [7, 11) is 1.52. The standard InChI is InChI=1S/C11H12N6O4/c1-16-9(10(12)19)7(3-13-16)15-8(18)5-17-4-6(2-14-17)11(20)21/h2-4H,5H2,1H3,(H2,12,19)(H,15,18)(H,20,21). The van der Waals surface area contributed by atoms with E-state index in [2.05, 4.69) is 15.5 Å². The number of rotatable bonds is 5. The van der Waals surface area contributed by atoms with Gasteiger partial charge in [0.2, 0.25) is 5.91 Å². The summed E-state index contributed by atoms with van der Waals surface area (Å²) in [4.78, 5) is 33.8. The molecule has 0 aliphatic rings. The maximum Gasteiger partial charge on any atom is 0.338 e. The first-order valence-corrected chi connectivity index (χ1v) is 5.76. The highest BCUT2D eigenvalue weighted by atomic mass is 16.4. The van der Waals surface area contributed by atoms with Gasteiger partial charge in [0.25, 0.3) is 5.91 Å². The molecule has 2 aromatic rings. The van der Waals surface area contributed by atoms with E-state index in [0.29, 0.717) is 0 Å². The van der Waals surface area contributed by atoms with Gasteiger partial charge < -0.3 is 16.2 Å². The Labute approximate surface area is 118 Å². The van der Waals surface area contributed by atoms with Gasteiger partial charge in [-0.15, -0.1) is 0 Å². The number of nitrogens with one attached hydrogen (secondary N) is 1. The van der Waals surface area contributed by atoms with E-state index in [0.717, 1.165) is 6.20 Å². The molecule has 0 radical (unpaired) electrons. The van der Waals surface area contributed by atoms with E-state index < -0.39 is 17.8 Å². The van der Waals surface area contributed by atoms with Crippen LogP contribution >= 0.6 is 0 Å². The molecule has 21 heavy (non-hydrogen) atoms. The molecule has 2 rings (SSSR count). The monoisotopic (exact) mass is 292 g/mol. The van der Waals surface area contributed by atoms with Gasteiger partial charge in [-0.2, -0.15) is 10.2 Å². The van der Waals surface area contributed by atoms with Crippen LogP contribution < -0.4 is 11.1 Å². The second-order valence-electron chi connectivity index (χ2n) is 4.17. The van der Waals surface area contributed by atoms with Crippen LogP contribution in [-0.4, -0.2) is 42.5 Å². The molecule has 2 amide bonds. The summed E-state index contributed by atoms with van der Waals surface area (Å²) in [5.41, 5.74) is 5.41. The van der Waals surface area contributed by atoms with E-state index in [-0.39, 0.29) is 23.5 Å². The third-order valence-corrected chi connectivity index (χ3v) is 2.63. The molecular formula is C11H12N6O4. The van der Waals surface area contributed by atoms with E-state index in [1.54, 1.807) is 0 Å². The number of nitrogens with zero attached hydrogens (tertiary/aromatic N) is 4.